The molecule has 0 radical (unpaired) electrons. The smallest absolute Gasteiger partial charge is 0.266 e. The van der Waals surface area contributed by atoms with Gasteiger partial charge in [-0.2, -0.15) is 0 Å². The first-order valence-corrected chi connectivity index (χ1v) is 11.9. The molecule has 1 aliphatic rings. The molecule has 1 aliphatic heterocycles. The van der Waals surface area contributed by atoms with Crippen LogP contribution in [0, 0.1) is 0 Å². The Kier molecular flexibility index (Phi) is 8.81. The molecule has 0 spiro atoms. The molecule has 0 atom stereocenters. The first-order valence-electron chi connectivity index (χ1n) is 9.59. The van der Waals surface area contributed by atoms with Gasteiger partial charge in [0, 0.05) is 33.7 Å². The lowest BCUT2D eigenvalue weighted by Crippen LogP contribution is -2.29. The van der Waals surface area contributed by atoms with E-state index in [4.69, 9.17) is 47.0 Å². The number of hydrogen-bond acceptors (Lipinski definition) is 4. The summed E-state index contributed by atoms with van der Waals surface area (Å²) in [6, 6.07) is 12.2. The maximum absolute atomic E-state index is 12.7. The molecule has 1 saturated heterocycles. The zero-order valence-corrected chi connectivity index (χ0v) is 20.3. The van der Waals surface area contributed by atoms with Crippen molar-refractivity contribution in [1.82, 2.24) is 4.90 Å². The Morgan fingerprint density at radius 1 is 1.00 bits per heavy atom. The van der Waals surface area contributed by atoms with Crippen molar-refractivity contribution in [3.8, 4) is 0 Å². The molecule has 0 aliphatic carbocycles. The van der Waals surface area contributed by atoms with Crippen molar-refractivity contribution < 1.29 is 9.59 Å². The van der Waals surface area contributed by atoms with E-state index < -0.39 is 0 Å². The van der Waals surface area contributed by atoms with Gasteiger partial charge in [-0.3, -0.25) is 14.5 Å². The van der Waals surface area contributed by atoms with Crippen molar-refractivity contribution in [2.45, 2.75) is 25.7 Å². The molecule has 31 heavy (non-hydrogen) atoms. The third-order valence-corrected chi connectivity index (χ3v) is 6.54. The molecule has 0 saturated carbocycles. The summed E-state index contributed by atoms with van der Waals surface area (Å²) in [4.78, 5) is 27.0. The number of unbranched alkanes of at least 4 members (excludes halogenated alkanes) is 2. The van der Waals surface area contributed by atoms with Gasteiger partial charge in [0.05, 0.1) is 4.91 Å². The zero-order valence-electron chi connectivity index (χ0n) is 16.4. The molecule has 2 amide bonds. The highest BCUT2D eigenvalue weighted by Gasteiger charge is 2.31. The van der Waals surface area contributed by atoms with Gasteiger partial charge in [-0.05, 0) is 54.8 Å². The summed E-state index contributed by atoms with van der Waals surface area (Å²) in [5.41, 5.74) is 1.48. The minimum absolute atomic E-state index is 0.0828. The highest BCUT2D eigenvalue weighted by molar-refractivity contribution is 8.26. The van der Waals surface area contributed by atoms with Crippen LogP contribution >= 0.6 is 58.8 Å². The second-order valence-corrected chi connectivity index (χ2v) is 9.89. The number of carbonyl (C=O) groups excluding carboxylic acids is 2. The van der Waals surface area contributed by atoms with E-state index in [0.29, 0.717) is 49.4 Å². The standard InChI is InChI=1S/C22H19Cl3N2O2S2/c23-15-7-5-14(6-8-15)10-19-21(29)27(22(30)31-19)9-3-1-2-4-20(28)26-18-12-16(24)11-17(25)13-18/h5-8,10-13H,1-4,9H2,(H,26,28). The molecule has 0 aromatic heterocycles. The van der Waals surface area contributed by atoms with Gasteiger partial charge in [-0.25, -0.2) is 0 Å². The zero-order chi connectivity index (χ0) is 22.4. The minimum atomic E-state index is -0.102. The van der Waals surface area contributed by atoms with Crippen molar-refractivity contribution in [2.75, 3.05) is 11.9 Å². The lowest BCUT2D eigenvalue weighted by molar-refractivity contribution is -0.122. The average molecular weight is 514 g/mol. The number of amides is 2. The summed E-state index contributed by atoms with van der Waals surface area (Å²) < 4.78 is 0.556. The number of rotatable bonds is 8. The number of halogens is 3. The molecule has 2 aromatic rings. The van der Waals surface area contributed by atoms with Gasteiger partial charge in [-0.15, -0.1) is 0 Å². The molecule has 2 aromatic carbocycles. The molecule has 1 heterocycles. The molecule has 1 N–H and O–H groups in total. The summed E-state index contributed by atoms with van der Waals surface area (Å²) in [5, 5.41) is 4.38. The molecule has 3 rings (SSSR count). The maximum Gasteiger partial charge on any atom is 0.266 e. The van der Waals surface area contributed by atoms with Crippen LogP contribution in [-0.4, -0.2) is 27.6 Å². The van der Waals surface area contributed by atoms with Gasteiger partial charge in [0.1, 0.15) is 4.32 Å². The predicted octanol–water partition coefficient (Wildman–Crippen LogP) is 7.05. The number of nitrogens with one attached hydrogen (secondary N) is 1. The Labute approximate surface area is 205 Å². The number of hydrogen-bond donors (Lipinski definition) is 1. The Balaban J connectivity index is 1.42. The van der Waals surface area contributed by atoms with Crippen molar-refractivity contribution in [2.24, 2.45) is 0 Å². The molecular formula is C22H19Cl3N2O2S2. The van der Waals surface area contributed by atoms with Crippen LogP contribution in [0.3, 0.4) is 0 Å². The molecule has 9 heteroatoms. The van der Waals surface area contributed by atoms with E-state index >= 15 is 0 Å². The van der Waals surface area contributed by atoms with Gasteiger partial charge in [0.25, 0.3) is 5.91 Å². The van der Waals surface area contributed by atoms with E-state index in [1.54, 1.807) is 35.2 Å². The first-order chi connectivity index (χ1) is 14.8. The molecule has 1 fully saturated rings. The highest BCUT2D eigenvalue weighted by atomic mass is 35.5. The lowest BCUT2D eigenvalue weighted by atomic mass is 10.1. The van der Waals surface area contributed by atoms with E-state index in [1.165, 1.54) is 11.8 Å². The van der Waals surface area contributed by atoms with Crippen LogP contribution in [0.1, 0.15) is 31.2 Å². The van der Waals surface area contributed by atoms with Gasteiger partial charge < -0.3 is 5.32 Å². The third-order valence-electron chi connectivity index (χ3n) is 4.47. The van der Waals surface area contributed by atoms with E-state index in [0.717, 1.165) is 18.4 Å². The summed E-state index contributed by atoms with van der Waals surface area (Å²) in [6.45, 7) is 0.536. The van der Waals surface area contributed by atoms with E-state index in [1.807, 2.05) is 18.2 Å². The van der Waals surface area contributed by atoms with Gasteiger partial charge in [0.15, 0.2) is 0 Å². The summed E-state index contributed by atoms with van der Waals surface area (Å²) >= 11 is 24.4. The van der Waals surface area contributed by atoms with Crippen molar-refractivity contribution in [3.05, 3.63) is 68.0 Å². The molecule has 0 bridgehead atoms. The Morgan fingerprint density at radius 2 is 1.68 bits per heavy atom. The highest BCUT2D eigenvalue weighted by Crippen LogP contribution is 2.33. The third kappa shape index (κ3) is 7.22. The van der Waals surface area contributed by atoms with E-state index in [-0.39, 0.29) is 11.8 Å². The number of nitrogens with zero attached hydrogens (tertiary/aromatic N) is 1. The van der Waals surface area contributed by atoms with Crippen LogP contribution < -0.4 is 5.32 Å². The second kappa shape index (κ2) is 11.3. The largest absolute Gasteiger partial charge is 0.326 e. The average Bonchev–Trinajstić information content (AvgIpc) is 2.96. The van der Waals surface area contributed by atoms with Crippen LogP contribution in [0.15, 0.2) is 47.4 Å². The van der Waals surface area contributed by atoms with Crippen molar-refractivity contribution >= 4 is 86.7 Å². The molecular weight excluding hydrogens is 495 g/mol. The van der Waals surface area contributed by atoms with Gasteiger partial charge >= 0.3 is 0 Å². The number of carbonyl (C=O) groups is 2. The topological polar surface area (TPSA) is 49.4 Å². The molecule has 162 valence electrons. The van der Waals surface area contributed by atoms with Crippen molar-refractivity contribution in [1.29, 1.82) is 0 Å². The first kappa shape index (κ1) is 24.1. The summed E-state index contributed by atoms with van der Waals surface area (Å²) in [5.74, 6) is -0.185. The lowest BCUT2D eigenvalue weighted by Gasteiger charge is -2.14. The molecule has 0 unspecified atom stereocenters. The maximum atomic E-state index is 12.7. The Hall–Kier alpha value is -1.57. The minimum Gasteiger partial charge on any atom is -0.326 e. The van der Waals surface area contributed by atoms with E-state index in [9.17, 15) is 9.59 Å². The van der Waals surface area contributed by atoms with Crippen LogP contribution in [0.5, 0.6) is 0 Å². The van der Waals surface area contributed by atoms with Gasteiger partial charge in [0.2, 0.25) is 5.91 Å². The number of thioether (sulfide) groups is 1. The SMILES string of the molecule is O=C(CCCCCN1C(=O)C(=Cc2ccc(Cl)cc2)SC1=S)Nc1cc(Cl)cc(Cl)c1. The van der Waals surface area contributed by atoms with Gasteiger partial charge in [-0.1, -0.05) is 77.3 Å². The quantitative estimate of drug-likeness (QED) is 0.233. The number of benzene rings is 2. The van der Waals surface area contributed by atoms with Crippen LogP contribution in [0.25, 0.3) is 6.08 Å². The van der Waals surface area contributed by atoms with Crippen LogP contribution in [0.2, 0.25) is 15.1 Å². The Bertz CT molecular complexity index is 1010. The van der Waals surface area contributed by atoms with Crippen LogP contribution in [-0.2, 0) is 9.59 Å². The summed E-state index contributed by atoms with van der Waals surface area (Å²) in [6.07, 6.45) is 4.46. The van der Waals surface area contributed by atoms with Crippen molar-refractivity contribution in [3.63, 3.8) is 0 Å². The fraction of sp³-hybridized carbons (Fsp3) is 0.227. The normalized spacial score (nSPS) is 15.1. The predicted molar refractivity (Wildman–Crippen MR) is 135 cm³/mol. The molecule has 4 nitrogen and oxygen atoms in total. The van der Waals surface area contributed by atoms with Crippen LogP contribution in [0.4, 0.5) is 5.69 Å². The monoisotopic (exact) mass is 512 g/mol. The second-order valence-electron chi connectivity index (χ2n) is 6.90. The fourth-order valence-corrected chi connectivity index (χ4v) is 4.95. The summed E-state index contributed by atoms with van der Waals surface area (Å²) in [7, 11) is 0. The number of thiocarbonyl (C=S) groups is 1. The Morgan fingerprint density at radius 3 is 2.35 bits per heavy atom. The number of anilines is 1. The fourth-order valence-electron chi connectivity index (χ4n) is 2.98. The van der Waals surface area contributed by atoms with E-state index in [2.05, 4.69) is 5.32 Å².